The van der Waals surface area contributed by atoms with Crippen LogP contribution < -0.4 is 4.74 Å². The molecule has 0 radical (unpaired) electrons. The number of hydrogen-bond donors (Lipinski definition) is 1. The molecule has 8 heteroatoms. The van der Waals surface area contributed by atoms with Gasteiger partial charge in [-0.05, 0) is 60.9 Å². The monoisotopic (exact) mass is 512 g/mol. The van der Waals surface area contributed by atoms with Gasteiger partial charge in [0.1, 0.15) is 19.3 Å². The molecule has 35 heavy (non-hydrogen) atoms. The number of nitrogens with zero attached hydrogens (tertiary/aromatic N) is 1. The SMILES string of the molecule is CCOC(=O)CCc1cc(F)c(F)c(OC[C@H](O)C[N+](C)(C)CCC2Cc3ccccc3C2)c1.Cl. The van der Waals surface area contributed by atoms with Crippen LogP contribution in [0.15, 0.2) is 36.4 Å². The van der Waals surface area contributed by atoms with Gasteiger partial charge in [-0.25, -0.2) is 4.39 Å². The number of fused-ring (bicyclic) bond motifs is 1. The lowest BCUT2D eigenvalue weighted by molar-refractivity contribution is -0.894. The van der Waals surface area contributed by atoms with Crippen LogP contribution in [0.4, 0.5) is 8.78 Å². The summed E-state index contributed by atoms with van der Waals surface area (Å²) < 4.78 is 39.2. The molecule has 0 amide bonds. The minimum Gasteiger partial charge on any atom is -0.487 e. The summed E-state index contributed by atoms with van der Waals surface area (Å²) in [4.78, 5) is 11.5. The van der Waals surface area contributed by atoms with Gasteiger partial charge in [0, 0.05) is 12.8 Å². The molecule has 3 rings (SSSR count). The Hall–Kier alpha value is -2.22. The van der Waals surface area contributed by atoms with E-state index in [0.717, 1.165) is 31.9 Å². The molecular formula is C27H37ClF2NO4+. The molecule has 0 saturated carbocycles. The zero-order valence-electron chi connectivity index (χ0n) is 20.8. The smallest absolute Gasteiger partial charge is 0.306 e. The molecule has 0 saturated heterocycles. The molecule has 1 aliphatic carbocycles. The number of carbonyl (C=O) groups excluding carboxylic acids is 1. The normalized spacial score (nSPS) is 14.2. The molecule has 5 nitrogen and oxygen atoms in total. The van der Waals surface area contributed by atoms with Crippen LogP contribution in [0.25, 0.3) is 0 Å². The first-order valence-corrected chi connectivity index (χ1v) is 12.0. The molecule has 0 aliphatic heterocycles. The molecule has 2 aromatic rings. The van der Waals surface area contributed by atoms with E-state index < -0.39 is 23.7 Å². The quantitative estimate of drug-likeness (QED) is 0.336. The van der Waals surface area contributed by atoms with Crippen molar-refractivity contribution >= 4 is 18.4 Å². The first-order chi connectivity index (χ1) is 16.2. The van der Waals surface area contributed by atoms with Crippen LogP contribution in [0.2, 0.25) is 0 Å². The summed E-state index contributed by atoms with van der Waals surface area (Å²) in [7, 11) is 4.11. The van der Waals surface area contributed by atoms with Gasteiger partial charge in [0.2, 0.25) is 5.82 Å². The highest BCUT2D eigenvalue weighted by Crippen LogP contribution is 2.29. The fourth-order valence-corrected chi connectivity index (χ4v) is 4.63. The Morgan fingerprint density at radius 1 is 1.17 bits per heavy atom. The highest BCUT2D eigenvalue weighted by molar-refractivity contribution is 5.85. The van der Waals surface area contributed by atoms with E-state index >= 15 is 0 Å². The Bertz CT molecular complexity index is 961. The summed E-state index contributed by atoms with van der Waals surface area (Å²) in [6.45, 7) is 3.18. The lowest BCUT2D eigenvalue weighted by Crippen LogP contribution is -2.48. The number of rotatable bonds is 12. The fraction of sp³-hybridized carbons (Fsp3) is 0.519. The number of aliphatic hydroxyl groups excluding tert-OH is 1. The Kier molecular flexibility index (Phi) is 10.9. The van der Waals surface area contributed by atoms with Crippen molar-refractivity contribution in [3.05, 3.63) is 64.7 Å². The highest BCUT2D eigenvalue weighted by Gasteiger charge is 2.26. The number of halogens is 3. The molecule has 0 spiro atoms. The second kappa shape index (κ2) is 13.2. The van der Waals surface area contributed by atoms with Crippen molar-refractivity contribution in [2.24, 2.45) is 5.92 Å². The molecule has 1 atom stereocenters. The zero-order valence-corrected chi connectivity index (χ0v) is 21.6. The van der Waals surface area contributed by atoms with Crippen molar-refractivity contribution in [1.29, 1.82) is 0 Å². The van der Waals surface area contributed by atoms with Gasteiger partial charge in [0.25, 0.3) is 0 Å². The number of aliphatic hydroxyl groups is 1. The molecule has 0 heterocycles. The molecule has 2 aromatic carbocycles. The molecule has 0 fully saturated rings. The number of likely N-dealkylation sites (N-methyl/N-ethyl adjacent to an activating group) is 1. The summed E-state index contributed by atoms with van der Waals surface area (Å²) in [6, 6.07) is 11.0. The average Bonchev–Trinajstić information content (AvgIpc) is 3.21. The Morgan fingerprint density at radius 3 is 2.46 bits per heavy atom. The fourth-order valence-electron chi connectivity index (χ4n) is 4.63. The molecule has 1 N–H and O–H groups in total. The Balaban J connectivity index is 0.00000432. The predicted molar refractivity (Wildman–Crippen MR) is 134 cm³/mol. The van der Waals surface area contributed by atoms with E-state index in [2.05, 4.69) is 38.4 Å². The molecule has 0 aromatic heterocycles. The van der Waals surface area contributed by atoms with Gasteiger partial charge in [-0.3, -0.25) is 4.79 Å². The van der Waals surface area contributed by atoms with Crippen LogP contribution in [0.1, 0.15) is 36.5 Å². The van der Waals surface area contributed by atoms with Crippen molar-refractivity contribution in [2.45, 2.75) is 45.1 Å². The van der Waals surface area contributed by atoms with E-state index in [1.807, 2.05) is 0 Å². The third-order valence-electron chi connectivity index (χ3n) is 6.39. The molecule has 0 unspecified atom stereocenters. The molecule has 0 bridgehead atoms. The van der Waals surface area contributed by atoms with E-state index in [4.69, 9.17) is 9.47 Å². The van der Waals surface area contributed by atoms with Crippen molar-refractivity contribution in [2.75, 3.05) is 40.4 Å². The van der Waals surface area contributed by atoms with Crippen molar-refractivity contribution in [3.63, 3.8) is 0 Å². The lowest BCUT2D eigenvalue weighted by atomic mass is 10.0. The van der Waals surface area contributed by atoms with Crippen LogP contribution in [-0.4, -0.2) is 62.1 Å². The van der Waals surface area contributed by atoms with Gasteiger partial charge >= 0.3 is 5.97 Å². The second-order valence-corrected chi connectivity index (χ2v) is 9.83. The third-order valence-corrected chi connectivity index (χ3v) is 6.39. The van der Waals surface area contributed by atoms with Crippen LogP contribution in [0.5, 0.6) is 5.75 Å². The number of benzene rings is 2. The minimum atomic E-state index is -1.10. The van der Waals surface area contributed by atoms with Crippen molar-refractivity contribution in [1.82, 2.24) is 0 Å². The van der Waals surface area contributed by atoms with Crippen LogP contribution in [0.3, 0.4) is 0 Å². The second-order valence-electron chi connectivity index (χ2n) is 9.83. The summed E-state index contributed by atoms with van der Waals surface area (Å²) in [5.41, 5.74) is 3.31. The van der Waals surface area contributed by atoms with Crippen LogP contribution >= 0.6 is 12.4 Å². The number of ether oxygens (including phenoxy) is 2. The number of hydrogen-bond acceptors (Lipinski definition) is 4. The van der Waals surface area contributed by atoms with Gasteiger partial charge in [0.05, 0.1) is 27.2 Å². The van der Waals surface area contributed by atoms with Crippen molar-refractivity contribution in [3.8, 4) is 5.75 Å². The van der Waals surface area contributed by atoms with Crippen molar-refractivity contribution < 1.29 is 32.6 Å². The maximum absolute atomic E-state index is 14.2. The first kappa shape index (κ1) is 29.0. The number of esters is 1. The largest absolute Gasteiger partial charge is 0.487 e. The van der Waals surface area contributed by atoms with Gasteiger partial charge in [-0.1, -0.05) is 24.3 Å². The third kappa shape index (κ3) is 8.74. The first-order valence-electron chi connectivity index (χ1n) is 12.0. The predicted octanol–water partition coefficient (Wildman–Crippen LogP) is 4.50. The van der Waals surface area contributed by atoms with Crippen LogP contribution in [-0.2, 0) is 28.8 Å². The average molecular weight is 513 g/mol. The maximum atomic E-state index is 14.2. The van der Waals surface area contributed by atoms with E-state index in [1.165, 1.54) is 17.2 Å². The minimum absolute atomic E-state index is 0. The van der Waals surface area contributed by atoms with E-state index in [9.17, 15) is 18.7 Å². The Morgan fingerprint density at radius 2 is 1.83 bits per heavy atom. The van der Waals surface area contributed by atoms with E-state index in [-0.39, 0.29) is 44.2 Å². The summed E-state index contributed by atoms with van der Waals surface area (Å²) in [6.07, 6.45) is 2.69. The summed E-state index contributed by atoms with van der Waals surface area (Å²) in [5.74, 6) is -2.18. The lowest BCUT2D eigenvalue weighted by Gasteiger charge is -2.32. The molecule has 1 aliphatic rings. The number of quaternary nitrogens is 1. The molecule has 194 valence electrons. The number of carbonyl (C=O) groups is 1. The zero-order chi connectivity index (χ0) is 24.7. The van der Waals surface area contributed by atoms with Gasteiger partial charge < -0.3 is 19.1 Å². The van der Waals surface area contributed by atoms with E-state index in [0.29, 0.717) is 22.5 Å². The summed E-state index contributed by atoms with van der Waals surface area (Å²) in [5, 5.41) is 10.5. The van der Waals surface area contributed by atoms with Gasteiger partial charge in [-0.15, -0.1) is 12.4 Å². The van der Waals surface area contributed by atoms with E-state index in [1.54, 1.807) is 6.92 Å². The standard InChI is InChI=1S/C27H36F2NO4.ClH/c1-4-33-26(32)10-9-19-15-24(28)27(29)25(16-19)34-18-23(31)17-30(2,3)12-11-20-13-21-7-5-6-8-22(21)14-20;/h5-8,15-16,20,23,31H,4,9-14,17-18H2,1-3H3;1H/q+1;/t23-;/m1./s1. The van der Waals surface area contributed by atoms with Gasteiger partial charge in [0.15, 0.2) is 11.6 Å². The maximum Gasteiger partial charge on any atom is 0.306 e. The number of aryl methyl sites for hydroxylation is 1. The molecular weight excluding hydrogens is 476 g/mol. The van der Waals surface area contributed by atoms with Gasteiger partial charge in [-0.2, -0.15) is 4.39 Å². The summed E-state index contributed by atoms with van der Waals surface area (Å²) >= 11 is 0. The Labute approximate surface area is 213 Å². The topological polar surface area (TPSA) is 55.8 Å². The van der Waals surface area contributed by atoms with Crippen LogP contribution in [0, 0.1) is 17.6 Å². The highest BCUT2D eigenvalue weighted by atomic mass is 35.5.